The third kappa shape index (κ3) is 10.1. The highest BCUT2D eigenvalue weighted by Crippen LogP contribution is 2.20. The van der Waals surface area contributed by atoms with Gasteiger partial charge in [-0.25, -0.2) is 18.7 Å². The van der Waals surface area contributed by atoms with Crippen LogP contribution in [0, 0.1) is 0 Å². The third-order valence-electron chi connectivity index (χ3n) is 5.78. The maximum absolute atomic E-state index is 13.7. The molecule has 1 heterocycles. The molecule has 0 saturated carbocycles. The molecule has 0 fully saturated rings. The monoisotopic (exact) mass is 446 g/mol. The minimum atomic E-state index is -1.49. The zero-order valence-electron chi connectivity index (χ0n) is 19.9. The van der Waals surface area contributed by atoms with E-state index in [0.29, 0.717) is 18.0 Å². The van der Waals surface area contributed by atoms with Gasteiger partial charge in [0.1, 0.15) is 12.3 Å². The number of aryl methyl sites for hydroxylation is 1. The second-order valence-corrected chi connectivity index (χ2v) is 8.62. The molecule has 178 valence electrons. The zero-order valence-corrected chi connectivity index (χ0v) is 19.9. The molecular weight excluding hydrogens is 406 g/mol. The van der Waals surface area contributed by atoms with E-state index in [1.54, 1.807) is 12.4 Å². The summed E-state index contributed by atoms with van der Waals surface area (Å²) >= 11 is 0. The summed E-state index contributed by atoms with van der Waals surface area (Å²) in [5.41, 5.74) is 2.30. The molecule has 0 spiro atoms. The summed E-state index contributed by atoms with van der Waals surface area (Å²) in [4.78, 5) is 8.71. The van der Waals surface area contributed by atoms with E-state index in [4.69, 9.17) is 4.74 Å². The molecule has 2 unspecified atom stereocenters. The number of rotatable bonds is 17. The first kappa shape index (κ1) is 26.2. The van der Waals surface area contributed by atoms with Gasteiger partial charge in [-0.15, -0.1) is 0 Å². The van der Waals surface area contributed by atoms with E-state index in [1.807, 2.05) is 6.92 Å². The van der Waals surface area contributed by atoms with Crippen LogP contribution in [0.5, 0.6) is 5.75 Å². The van der Waals surface area contributed by atoms with Gasteiger partial charge in [0.05, 0.1) is 19.0 Å². The fraction of sp³-hybridized carbons (Fsp3) is 0.630. The first-order chi connectivity index (χ1) is 15.6. The smallest absolute Gasteiger partial charge is 0.159 e. The van der Waals surface area contributed by atoms with Gasteiger partial charge in [0.25, 0.3) is 0 Å². The molecule has 1 aromatic heterocycles. The van der Waals surface area contributed by atoms with Crippen LogP contribution < -0.4 is 4.74 Å². The SMILES string of the molecule is CCCCCCCCCCc1ccc(-c2ncc(OCCC(F)C(F)CCC)cn2)cc1. The van der Waals surface area contributed by atoms with Crippen LogP contribution in [0.25, 0.3) is 11.4 Å². The van der Waals surface area contributed by atoms with Crippen molar-refractivity contribution in [3.8, 4) is 17.1 Å². The van der Waals surface area contributed by atoms with Crippen molar-refractivity contribution in [2.24, 2.45) is 0 Å². The van der Waals surface area contributed by atoms with Crippen molar-refractivity contribution < 1.29 is 13.5 Å². The summed E-state index contributed by atoms with van der Waals surface area (Å²) in [5.74, 6) is 1.10. The Hall–Kier alpha value is -2.04. The van der Waals surface area contributed by atoms with Crippen molar-refractivity contribution in [3.05, 3.63) is 42.2 Å². The van der Waals surface area contributed by atoms with Crippen LogP contribution in [0.1, 0.15) is 90.0 Å². The molecule has 5 heteroatoms. The molecule has 3 nitrogen and oxygen atoms in total. The molecule has 0 saturated heterocycles. The van der Waals surface area contributed by atoms with Crippen molar-refractivity contribution in [1.82, 2.24) is 9.97 Å². The molecule has 0 radical (unpaired) electrons. The highest BCUT2D eigenvalue weighted by molar-refractivity contribution is 5.55. The van der Waals surface area contributed by atoms with Gasteiger partial charge in [-0.3, -0.25) is 0 Å². The van der Waals surface area contributed by atoms with Crippen LogP contribution in [0.2, 0.25) is 0 Å². The highest BCUT2D eigenvalue weighted by atomic mass is 19.2. The van der Waals surface area contributed by atoms with Crippen LogP contribution >= 0.6 is 0 Å². The van der Waals surface area contributed by atoms with Crippen molar-refractivity contribution in [2.45, 2.75) is 103 Å². The average molecular weight is 447 g/mol. The molecule has 0 amide bonds. The summed E-state index contributed by atoms with van der Waals surface area (Å²) in [6.07, 6.45) is 12.9. The summed E-state index contributed by atoms with van der Waals surface area (Å²) in [6, 6.07) is 8.41. The lowest BCUT2D eigenvalue weighted by atomic mass is 10.0. The third-order valence-corrected chi connectivity index (χ3v) is 5.78. The molecule has 0 aliphatic rings. The Labute approximate surface area is 193 Å². The average Bonchev–Trinajstić information content (AvgIpc) is 2.82. The second kappa shape index (κ2) is 15.7. The van der Waals surface area contributed by atoms with Crippen LogP contribution in [0.15, 0.2) is 36.7 Å². The molecule has 0 bridgehead atoms. The quantitative estimate of drug-likeness (QED) is 0.230. The molecule has 2 aromatic rings. The first-order valence-electron chi connectivity index (χ1n) is 12.5. The minimum Gasteiger partial charge on any atom is -0.490 e. The van der Waals surface area contributed by atoms with Crippen LogP contribution in [-0.2, 0) is 6.42 Å². The number of aromatic nitrogens is 2. The number of halogens is 2. The predicted octanol–water partition coefficient (Wildman–Crippen LogP) is 8.07. The molecule has 32 heavy (non-hydrogen) atoms. The van der Waals surface area contributed by atoms with Gasteiger partial charge < -0.3 is 4.74 Å². The van der Waals surface area contributed by atoms with Gasteiger partial charge in [0, 0.05) is 12.0 Å². The number of benzene rings is 1. The second-order valence-electron chi connectivity index (χ2n) is 8.62. The Bertz CT molecular complexity index is 721. The Morgan fingerprint density at radius 3 is 1.97 bits per heavy atom. The fourth-order valence-electron chi connectivity index (χ4n) is 3.75. The van der Waals surface area contributed by atoms with Gasteiger partial charge >= 0.3 is 0 Å². The van der Waals surface area contributed by atoms with E-state index in [2.05, 4.69) is 41.2 Å². The highest BCUT2D eigenvalue weighted by Gasteiger charge is 2.19. The van der Waals surface area contributed by atoms with Crippen LogP contribution in [0.4, 0.5) is 8.78 Å². The lowest BCUT2D eigenvalue weighted by Gasteiger charge is -2.13. The number of ether oxygens (including phenoxy) is 1. The molecule has 0 aliphatic carbocycles. The molecule has 2 rings (SSSR count). The summed E-state index contributed by atoms with van der Waals surface area (Å²) in [6.45, 7) is 4.21. The van der Waals surface area contributed by atoms with Crippen LogP contribution in [0.3, 0.4) is 0 Å². The normalized spacial score (nSPS) is 13.1. The van der Waals surface area contributed by atoms with Gasteiger partial charge in [0.2, 0.25) is 0 Å². The molecule has 0 N–H and O–H groups in total. The lowest BCUT2D eigenvalue weighted by molar-refractivity contribution is 0.129. The molecular formula is C27H40F2N2O. The number of hydrogen-bond acceptors (Lipinski definition) is 3. The summed E-state index contributed by atoms with van der Waals surface area (Å²) in [7, 11) is 0. The van der Waals surface area contributed by atoms with Crippen molar-refractivity contribution in [2.75, 3.05) is 6.61 Å². The number of alkyl halides is 2. The standard InChI is InChI=1S/C27H40F2N2O/c1-3-5-6-7-8-9-10-11-13-22-14-16-23(17-15-22)27-30-20-24(21-31-27)32-19-18-26(29)25(28)12-4-2/h14-17,20-21,25-26H,3-13,18-19H2,1-2H3. The predicted molar refractivity (Wildman–Crippen MR) is 129 cm³/mol. The first-order valence-corrected chi connectivity index (χ1v) is 12.5. The van der Waals surface area contributed by atoms with Gasteiger partial charge in [-0.05, 0) is 24.8 Å². The van der Waals surface area contributed by atoms with Crippen molar-refractivity contribution in [3.63, 3.8) is 0 Å². The maximum Gasteiger partial charge on any atom is 0.159 e. The topological polar surface area (TPSA) is 35.0 Å². The number of hydrogen-bond donors (Lipinski definition) is 0. The lowest BCUT2D eigenvalue weighted by Crippen LogP contribution is -2.19. The van der Waals surface area contributed by atoms with E-state index in [0.717, 1.165) is 12.0 Å². The fourth-order valence-corrected chi connectivity index (χ4v) is 3.75. The Morgan fingerprint density at radius 2 is 1.34 bits per heavy atom. The molecule has 1 aromatic carbocycles. The van der Waals surface area contributed by atoms with E-state index in [-0.39, 0.29) is 19.4 Å². The van der Waals surface area contributed by atoms with E-state index in [9.17, 15) is 8.78 Å². The van der Waals surface area contributed by atoms with Gasteiger partial charge in [-0.2, -0.15) is 0 Å². The summed E-state index contributed by atoms with van der Waals surface area (Å²) < 4.78 is 32.7. The van der Waals surface area contributed by atoms with Crippen molar-refractivity contribution in [1.29, 1.82) is 0 Å². The Morgan fingerprint density at radius 1 is 0.750 bits per heavy atom. The van der Waals surface area contributed by atoms with Crippen LogP contribution in [-0.4, -0.2) is 28.9 Å². The van der Waals surface area contributed by atoms with Gasteiger partial charge in [-0.1, -0.05) is 89.5 Å². The number of unbranched alkanes of at least 4 members (excludes halogenated alkanes) is 7. The maximum atomic E-state index is 13.7. The van der Waals surface area contributed by atoms with Gasteiger partial charge in [0.15, 0.2) is 11.6 Å². The molecule has 2 atom stereocenters. The number of nitrogens with zero attached hydrogens (tertiary/aromatic N) is 2. The van der Waals surface area contributed by atoms with Crippen molar-refractivity contribution >= 4 is 0 Å². The molecule has 0 aliphatic heterocycles. The Balaban J connectivity index is 1.69. The Kier molecular flexibility index (Phi) is 12.9. The van der Waals surface area contributed by atoms with E-state index < -0.39 is 12.3 Å². The zero-order chi connectivity index (χ0) is 23.0. The minimum absolute atomic E-state index is 0.0310. The van der Waals surface area contributed by atoms with E-state index in [1.165, 1.54) is 56.9 Å². The van der Waals surface area contributed by atoms with E-state index >= 15 is 0 Å². The largest absolute Gasteiger partial charge is 0.490 e. The summed E-state index contributed by atoms with van der Waals surface area (Å²) in [5, 5.41) is 0.